The molecular formula is C28H39IN2O3. The van der Waals surface area contributed by atoms with Crippen molar-refractivity contribution in [3.05, 3.63) is 60.3 Å². The predicted octanol–water partition coefficient (Wildman–Crippen LogP) is 2.98. The summed E-state index contributed by atoms with van der Waals surface area (Å²) >= 11 is 0. The minimum Gasteiger partial charge on any atom is -1.00 e. The van der Waals surface area contributed by atoms with Crippen LogP contribution in [0.5, 0.6) is 5.75 Å². The molecule has 0 amide bonds. The molecule has 186 valence electrons. The van der Waals surface area contributed by atoms with Crippen LogP contribution in [0.1, 0.15) is 44.1 Å². The number of aromatic nitrogens is 1. The highest BCUT2D eigenvalue weighted by atomic mass is 127. The van der Waals surface area contributed by atoms with Crippen molar-refractivity contribution in [2.45, 2.75) is 51.5 Å². The number of rotatable bonds is 13. The van der Waals surface area contributed by atoms with Crippen LogP contribution in [-0.4, -0.2) is 45.4 Å². The lowest BCUT2D eigenvalue weighted by Gasteiger charge is -2.23. The number of benzene rings is 2. The van der Waals surface area contributed by atoms with Crippen molar-refractivity contribution >= 4 is 22.6 Å². The fourth-order valence-electron chi connectivity index (χ4n) is 4.06. The van der Waals surface area contributed by atoms with Gasteiger partial charge in [0.05, 0.1) is 41.3 Å². The minimum absolute atomic E-state index is 0. The van der Waals surface area contributed by atoms with Gasteiger partial charge >= 0.3 is 5.97 Å². The Hall–Kier alpha value is -2.06. The normalized spacial score (nSPS) is 11.3. The van der Waals surface area contributed by atoms with Crippen molar-refractivity contribution in [3.63, 3.8) is 0 Å². The Labute approximate surface area is 221 Å². The Morgan fingerprint density at radius 1 is 0.882 bits per heavy atom. The molecule has 1 aromatic heterocycles. The second-order valence-corrected chi connectivity index (χ2v) is 9.63. The van der Waals surface area contributed by atoms with E-state index in [9.17, 15) is 4.79 Å². The zero-order valence-electron chi connectivity index (χ0n) is 21.1. The number of nitrogens with zero attached hydrogens (tertiary/aromatic N) is 2. The van der Waals surface area contributed by atoms with Gasteiger partial charge in [-0.05, 0) is 54.8 Å². The summed E-state index contributed by atoms with van der Waals surface area (Å²) in [4.78, 5) is 12.1. The molecule has 1 heterocycles. The van der Waals surface area contributed by atoms with Crippen molar-refractivity contribution in [2.75, 3.05) is 34.9 Å². The maximum Gasteiger partial charge on any atom is 0.310 e. The number of carbonyl (C=O) groups is 1. The highest BCUT2D eigenvalue weighted by Gasteiger charge is 2.12. The summed E-state index contributed by atoms with van der Waals surface area (Å²) < 4.78 is 13.8. The summed E-state index contributed by atoms with van der Waals surface area (Å²) in [6.45, 7) is 1.57. The summed E-state index contributed by atoms with van der Waals surface area (Å²) in [7, 11) is 8.09. The molecular weight excluding hydrogens is 539 g/mol. The second-order valence-electron chi connectivity index (χ2n) is 9.63. The van der Waals surface area contributed by atoms with Crippen LogP contribution in [-0.2, 0) is 22.5 Å². The molecule has 5 nitrogen and oxygen atoms in total. The molecule has 34 heavy (non-hydrogen) atoms. The van der Waals surface area contributed by atoms with Gasteiger partial charge < -0.3 is 38.0 Å². The first kappa shape index (κ1) is 28.2. The van der Waals surface area contributed by atoms with E-state index in [2.05, 4.69) is 62.2 Å². The van der Waals surface area contributed by atoms with Gasteiger partial charge in [-0.3, -0.25) is 9.28 Å². The second kappa shape index (κ2) is 13.7. The zero-order chi connectivity index (χ0) is 23.7. The van der Waals surface area contributed by atoms with E-state index in [1.54, 1.807) is 7.11 Å². The predicted molar refractivity (Wildman–Crippen MR) is 137 cm³/mol. The van der Waals surface area contributed by atoms with Crippen molar-refractivity contribution < 1.29 is 38.2 Å². The molecule has 6 heteroatoms. The average molecular weight is 579 g/mol. The number of hydrogen-bond acceptors (Lipinski definition) is 3. The number of carbonyl (C=O) groups excluding carboxylic acids is 1. The Kier molecular flexibility index (Phi) is 11.4. The van der Waals surface area contributed by atoms with Crippen LogP contribution in [0.4, 0.5) is 5.69 Å². The molecule has 0 fully saturated rings. The molecule has 2 aromatic carbocycles. The van der Waals surface area contributed by atoms with Crippen LogP contribution in [0, 0.1) is 0 Å². The third-order valence-corrected chi connectivity index (χ3v) is 6.09. The zero-order valence-corrected chi connectivity index (χ0v) is 23.2. The Morgan fingerprint density at radius 3 is 2.24 bits per heavy atom. The number of ether oxygens (including phenoxy) is 2. The molecule has 3 rings (SSSR count). The number of fused-ring (bicyclic) bond motifs is 1. The number of aryl methyl sites for hydroxylation is 1. The minimum atomic E-state index is -0.135. The van der Waals surface area contributed by atoms with Crippen LogP contribution < -0.4 is 33.2 Å². The maximum absolute atomic E-state index is 12.1. The molecule has 0 aliphatic heterocycles. The Balaban J connectivity index is 0.00000408. The lowest BCUT2D eigenvalue weighted by atomic mass is 10.1. The van der Waals surface area contributed by atoms with E-state index in [-0.39, 0.29) is 29.9 Å². The van der Waals surface area contributed by atoms with Gasteiger partial charge in [-0.15, -0.1) is 0 Å². The quantitative estimate of drug-likeness (QED) is 0.136. The molecule has 0 spiro atoms. The summed E-state index contributed by atoms with van der Waals surface area (Å²) in [5.41, 5.74) is 3.49. The largest absolute Gasteiger partial charge is 1.00 e. The van der Waals surface area contributed by atoms with Crippen LogP contribution in [0.2, 0.25) is 0 Å². The monoisotopic (exact) mass is 578 g/mol. The smallest absolute Gasteiger partial charge is 0.310 e. The van der Waals surface area contributed by atoms with Gasteiger partial charge in [-0.2, -0.15) is 0 Å². The summed E-state index contributed by atoms with van der Waals surface area (Å²) in [5, 5.41) is 1.23. The van der Waals surface area contributed by atoms with E-state index >= 15 is 0 Å². The Bertz CT molecular complexity index is 1020. The van der Waals surface area contributed by atoms with E-state index in [0.29, 0.717) is 13.0 Å². The molecule has 0 aliphatic rings. The third-order valence-electron chi connectivity index (χ3n) is 6.09. The first-order valence-corrected chi connectivity index (χ1v) is 12.1. The number of quaternary nitrogens is 1. The van der Waals surface area contributed by atoms with Crippen LogP contribution >= 0.6 is 0 Å². The summed E-state index contributed by atoms with van der Waals surface area (Å²) in [5.74, 6) is 0.768. The van der Waals surface area contributed by atoms with Gasteiger partial charge in [0.2, 0.25) is 0 Å². The van der Waals surface area contributed by atoms with Gasteiger partial charge in [-0.1, -0.05) is 37.8 Å². The topological polar surface area (TPSA) is 40.5 Å². The molecule has 0 atom stereocenters. The van der Waals surface area contributed by atoms with Gasteiger partial charge in [0.1, 0.15) is 11.4 Å². The molecule has 0 saturated carbocycles. The highest BCUT2D eigenvalue weighted by molar-refractivity contribution is 5.81. The molecule has 0 bridgehead atoms. The van der Waals surface area contributed by atoms with Crippen molar-refractivity contribution in [3.8, 4) is 5.75 Å². The molecule has 0 unspecified atom stereocenters. The van der Waals surface area contributed by atoms with Gasteiger partial charge in [0.15, 0.2) is 0 Å². The fraction of sp³-hybridized carbons (Fsp3) is 0.464. The van der Waals surface area contributed by atoms with Crippen molar-refractivity contribution in [1.82, 2.24) is 9.05 Å². The standard InChI is InChI=1S/C28H39N2O3.HI/c1-30(2,3)25-13-11-23(12-14-25)21-28(31)33-20-10-8-6-5-7-9-18-29-19-17-24-22-26(32-4)15-16-27(24)29;/h11-17,19,22H,5-10,18,20-21H2,1-4H3;1H/q+1;/p-1. The van der Waals surface area contributed by atoms with Crippen LogP contribution in [0.3, 0.4) is 0 Å². The first-order chi connectivity index (χ1) is 15.9. The third kappa shape index (κ3) is 8.62. The van der Waals surface area contributed by atoms with E-state index in [1.165, 1.54) is 42.3 Å². The van der Waals surface area contributed by atoms with Gasteiger partial charge in [-0.25, -0.2) is 0 Å². The average Bonchev–Trinajstić information content (AvgIpc) is 3.19. The number of methoxy groups -OCH3 is 1. The van der Waals surface area contributed by atoms with E-state index in [4.69, 9.17) is 9.47 Å². The Morgan fingerprint density at radius 2 is 1.56 bits per heavy atom. The van der Waals surface area contributed by atoms with Crippen molar-refractivity contribution in [2.24, 2.45) is 0 Å². The van der Waals surface area contributed by atoms with Crippen molar-refractivity contribution in [1.29, 1.82) is 0 Å². The fourth-order valence-corrected chi connectivity index (χ4v) is 4.06. The van der Waals surface area contributed by atoms with E-state index in [1.807, 2.05) is 18.2 Å². The first-order valence-electron chi connectivity index (χ1n) is 12.1. The van der Waals surface area contributed by atoms with Gasteiger partial charge in [0, 0.05) is 23.6 Å². The molecule has 0 saturated heterocycles. The number of hydrogen-bond donors (Lipinski definition) is 0. The molecule has 3 aromatic rings. The number of unbranched alkanes of at least 4 members (excludes halogenated alkanes) is 5. The molecule has 0 N–H and O–H groups in total. The number of esters is 1. The SMILES string of the molecule is COc1ccc2c(ccn2CCCCCCCCOC(=O)Cc2ccc([N+](C)(C)C)cc2)c1.[I-]. The molecule has 0 radical (unpaired) electrons. The number of halogens is 1. The van der Waals surface area contributed by atoms with E-state index in [0.717, 1.165) is 35.2 Å². The molecule has 0 aliphatic carbocycles. The summed E-state index contributed by atoms with van der Waals surface area (Å²) in [6.07, 6.45) is 9.37. The van der Waals surface area contributed by atoms with Gasteiger partial charge in [0.25, 0.3) is 0 Å². The van der Waals surface area contributed by atoms with E-state index < -0.39 is 0 Å². The van der Waals surface area contributed by atoms with Crippen LogP contribution in [0.25, 0.3) is 10.9 Å². The highest BCUT2D eigenvalue weighted by Crippen LogP contribution is 2.22. The van der Waals surface area contributed by atoms with Crippen LogP contribution in [0.15, 0.2) is 54.7 Å². The lowest BCUT2D eigenvalue weighted by Crippen LogP contribution is -3.00. The lowest BCUT2D eigenvalue weighted by molar-refractivity contribution is -0.142. The maximum atomic E-state index is 12.1. The summed E-state index contributed by atoms with van der Waals surface area (Å²) in [6, 6.07) is 16.6.